The number of aryl methyl sites for hydroxylation is 2. The number of rotatable bonds is 1. The molecule has 0 saturated heterocycles. The lowest BCUT2D eigenvalue weighted by Crippen LogP contribution is -1.92. The van der Waals surface area contributed by atoms with E-state index < -0.39 is 0 Å². The molecule has 0 fully saturated rings. The molecule has 1 aromatic carbocycles. The highest BCUT2D eigenvalue weighted by molar-refractivity contribution is 5.97. The van der Waals surface area contributed by atoms with E-state index >= 15 is 0 Å². The molecule has 0 N–H and O–H groups in total. The summed E-state index contributed by atoms with van der Waals surface area (Å²) in [5.74, 6) is 0. The van der Waals surface area contributed by atoms with Gasteiger partial charge in [0.15, 0.2) is 5.65 Å². The molecule has 0 bridgehead atoms. The molecule has 98 valence electrons. The molecule has 0 saturated carbocycles. The number of pyridine rings is 1. The van der Waals surface area contributed by atoms with Crippen LogP contribution in [0.1, 0.15) is 5.56 Å². The first-order chi connectivity index (χ1) is 9.72. The van der Waals surface area contributed by atoms with E-state index in [1.165, 1.54) is 0 Å². The summed E-state index contributed by atoms with van der Waals surface area (Å²) in [6.45, 7) is 2.06. The van der Waals surface area contributed by atoms with Gasteiger partial charge in [-0.25, -0.2) is 9.50 Å². The Kier molecular flexibility index (Phi) is 2.18. The van der Waals surface area contributed by atoms with Crippen molar-refractivity contribution in [2.24, 2.45) is 7.05 Å². The number of aromatic nitrogens is 5. The van der Waals surface area contributed by atoms with E-state index in [2.05, 4.69) is 34.2 Å². The van der Waals surface area contributed by atoms with Crippen molar-refractivity contribution in [3.8, 4) is 11.1 Å². The SMILES string of the molecule is Cc1cc(-c2cccc3nn(C)cc23)c2ncnn2c1. The van der Waals surface area contributed by atoms with E-state index in [9.17, 15) is 0 Å². The second-order valence-electron chi connectivity index (χ2n) is 5.00. The van der Waals surface area contributed by atoms with Gasteiger partial charge in [0, 0.05) is 30.4 Å². The summed E-state index contributed by atoms with van der Waals surface area (Å²) in [5, 5.41) is 9.83. The zero-order valence-corrected chi connectivity index (χ0v) is 11.3. The fourth-order valence-electron chi connectivity index (χ4n) is 2.65. The minimum absolute atomic E-state index is 0.868. The Bertz CT molecular complexity index is 932. The second-order valence-corrected chi connectivity index (χ2v) is 5.00. The lowest BCUT2D eigenvalue weighted by atomic mass is 10.0. The van der Waals surface area contributed by atoms with Crippen LogP contribution in [0.5, 0.6) is 0 Å². The van der Waals surface area contributed by atoms with Gasteiger partial charge in [0.05, 0.1) is 5.52 Å². The topological polar surface area (TPSA) is 48.0 Å². The maximum Gasteiger partial charge on any atom is 0.163 e. The average molecular weight is 263 g/mol. The molecule has 20 heavy (non-hydrogen) atoms. The molecule has 5 nitrogen and oxygen atoms in total. The Morgan fingerprint density at radius 1 is 1.10 bits per heavy atom. The van der Waals surface area contributed by atoms with Gasteiger partial charge in [0.1, 0.15) is 6.33 Å². The highest BCUT2D eigenvalue weighted by atomic mass is 15.3. The summed E-state index contributed by atoms with van der Waals surface area (Å²) in [7, 11) is 1.94. The van der Waals surface area contributed by atoms with Crippen molar-refractivity contribution in [2.75, 3.05) is 0 Å². The van der Waals surface area contributed by atoms with Gasteiger partial charge in [0.25, 0.3) is 0 Å². The van der Waals surface area contributed by atoms with Crippen molar-refractivity contribution < 1.29 is 0 Å². The predicted octanol–water partition coefficient (Wildman–Crippen LogP) is 2.59. The lowest BCUT2D eigenvalue weighted by molar-refractivity contribution is 0.780. The van der Waals surface area contributed by atoms with Gasteiger partial charge in [0.2, 0.25) is 0 Å². The maximum atomic E-state index is 4.46. The highest BCUT2D eigenvalue weighted by Gasteiger charge is 2.12. The van der Waals surface area contributed by atoms with Crippen LogP contribution in [0.3, 0.4) is 0 Å². The molecule has 3 heterocycles. The molecular weight excluding hydrogens is 250 g/mol. The molecule has 0 aliphatic rings. The first-order valence-corrected chi connectivity index (χ1v) is 6.45. The Hall–Kier alpha value is -2.69. The van der Waals surface area contributed by atoms with Crippen molar-refractivity contribution in [1.82, 2.24) is 24.4 Å². The molecule has 0 atom stereocenters. The predicted molar refractivity (Wildman–Crippen MR) is 77.4 cm³/mol. The molecule has 0 unspecified atom stereocenters. The standard InChI is InChI=1S/C15H13N5/c1-10-6-12(15-16-9-17-20(15)7-10)11-4-3-5-14-13(11)8-19(2)18-14/h3-9H,1-2H3. The van der Waals surface area contributed by atoms with Gasteiger partial charge >= 0.3 is 0 Å². The largest absolute Gasteiger partial charge is 0.275 e. The Labute approximate surface area is 115 Å². The molecule has 3 aromatic heterocycles. The quantitative estimate of drug-likeness (QED) is 0.530. The molecule has 0 aliphatic carbocycles. The van der Waals surface area contributed by atoms with Crippen LogP contribution in [0.2, 0.25) is 0 Å². The second kappa shape index (κ2) is 3.90. The normalized spacial score (nSPS) is 11.5. The number of nitrogens with zero attached hydrogens (tertiary/aromatic N) is 5. The van der Waals surface area contributed by atoms with Crippen LogP contribution in [-0.4, -0.2) is 24.4 Å². The van der Waals surface area contributed by atoms with Crippen molar-refractivity contribution in [3.05, 3.63) is 48.5 Å². The van der Waals surface area contributed by atoms with Crippen LogP contribution in [-0.2, 0) is 7.05 Å². The van der Waals surface area contributed by atoms with Crippen LogP contribution in [0.15, 0.2) is 43.0 Å². The third-order valence-electron chi connectivity index (χ3n) is 3.47. The molecule has 0 aliphatic heterocycles. The zero-order valence-electron chi connectivity index (χ0n) is 11.3. The Morgan fingerprint density at radius 3 is 2.90 bits per heavy atom. The van der Waals surface area contributed by atoms with E-state index in [1.54, 1.807) is 6.33 Å². The fraction of sp³-hybridized carbons (Fsp3) is 0.133. The highest BCUT2D eigenvalue weighted by Crippen LogP contribution is 2.30. The van der Waals surface area contributed by atoms with E-state index in [4.69, 9.17) is 0 Å². The van der Waals surface area contributed by atoms with E-state index in [0.29, 0.717) is 0 Å². The summed E-state index contributed by atoms with van der Waals surface area (Å²) >= 11 is 0. The van der Waals surface area contributed by atoms with Gasteiger partial charge in [-0.15, -0.1) is 0 Å². The Morgan fingerprint density at radius 2 is 2.00 bits per heavy atom. The van der Waals surface area contributed by atoms with Gasteiger partial charge in [-0.05, 0) is 30.2 Å². The molecule has 5 heteroatoms. The maximum absolute atomic E-state index is 4.46. The molecular formula is C15H13N5. The van der Waals surface area contributed by atoms with Crippen LogP contribution in [0.25, 0.3) is 27.7 Å². The minimum Gasteiger partial charge on any atom is -0.275 e. The first kappa shape index (κ1) is 11.2. The molecule has 0 spiro atoms. The fourth-order valence-corrected chi connectivity index (χ4v) is 2.65. The molecule has 0 radical (unpaired) electrons. The van der Waals surface area contributed by atoms with Crippen LogP contribution < -0.4 is 0 Å². The van der Waals surface area contributed by atoms with Crippen molar-refractivity contribution in [1.29, 1.82) is 0 Å². The van der Waals surface area contributed by atoms with Gasteiger partial charge in [-0.2, -0.15) is 10.2 Å². The molecule has 4 rings (SSSR count). The number of fused-ring (bicyclic) bond motifs is 2. The van der Waals surface area contributed by atoms with Crippen LogP contribution in [0, 0.1) is 6.92 Å². The summed E-state index contributed by atoms with van der Waals surface area (Å²) in [6, 6.07) is 8.30. The molecule has 4 aromatic rings. The first-order valence-electron chi connectivity index (χ1n) is 6.45. The lowest BCUT2D eigenvalue weighted by Gasteiger charge is -2.06. The van der Waals surface area contributed by atoms with Crippen LogP contribution >= 0.6 is 0 Å². The van der Waals surface area contributed by atoms with Crippen molar-refractivity contribution in [2.45, 2.75) is 6.92 Å². The van der Waals surface area contributed by atoms with Gasteiger partial charge in [-0.3, -0.25) is 4.68 Å². The number of benzene rings is 1. The van der Waals surface area contributed by atoms with Gasteiger partial charge in [-0.1, -0.05) is 12.1 Å². The minimum atomic E-state index is 0.868. The summed E-state index contributed by atoms with van der Waals surface area (Å²) in [5.41, 5.74) is 5.23. The zero-order chi connectivity index (χ0) is 13.7. The number of hydrogen-bond donors (Lipinski definition) is 0. The van der Waals surface area contributed by atoms with E-state index in [1.807, 2.05) is 40.8 Å². The van der Waals surface area contributed by atoms with E-state index in [0.717, 1.165) is 33.2 Å². The third kappa shape index (κ3) is 1.53. The smallest absolute Gasteiger partial charge is 0.163 e. The van der Waals surface area contributed by atoms with Crippen molar-refractivity contribution in [3.63, 3.8) is 0 Å². The van der Waals surface area contributed by atoms with Crippen molar-refractivity contribution >= 4 is 16.6 Å². The summed E-state index contributed by atoms with van der Waals surface area (Å²) < 4.78 is 3.66. The van der Waals surface area contributed by atoms with Gasteiger partial charge < -0.3 is 0 Å². The summed E-state index contributed by atoms with van der Waals surface area (Å²) in [6.07, 6.45) is 5.61. The monoisotopic (exact) mass is 263 g/mol. The third-order valence-corrected chi connectivity index (χ3v) is 3.47. The average Bonchev–Trinajstić information content (AvgIpc) is 3.01. The summed E-state index contributed by atoms with van der Waals surface area (Å²) in [4.78, 5) is 4.37. The van der Waals surface area contributed by atoms with Crippen LogP contribution in [0.4, 0.5) is 0 Å². The van der Waals surface area contributed by atoms with E-state index in [-0.39, 0.29) is 0 Å². The number of hydrogen-bond acceptors (Lipinski definition) is 3. The Balaban J connectivity index is 2.13. The molecule has 0 amide bonds.